The topological polar surface area (TPSA) is 86.4 Å². The smallest absolute Gasteiger partial charge is 0.134 e. The number of aromatic hydroxyl groups is 1. The van der Waals surface area contributed by atoms with Crippen molar-refractivity contribution in [1.82, 2.24) is 0 Å². The summed E-state index contributed by atoms with van der Waals surface area (Å²) in [6.07, 6.45) is 0. The molecule has 0 saturated carbocycles. The molecule has 1 unspecified atom stereocenters. The van der Waals surface area contributed by atoms with Gasteiger partial charge in [0.15, 0.2) is 0 Å². The van der Waals surface area contributed by atoms with Gasteiger partial charge in [-0.25, -0.2) is 0 Å². The van der Waals surface area contributed by atoms with Crippen LogP contribution in [0.1, 0.15) is 0 Å². The monoisotopic (exact) mass is 204 g/mol. The van der Waals surface area contributed by atoms with Crippen LogP contribution in [0.4, 0.5) is 0 Å². The van der Waals surface area contributed by atoms with E-state index in [2.05, 4.69) is 5.14 Å². The first-order chi connectivity index (χ1) is 5.59. The highest BCUT2D eigenvalue weighted by atomic mass is 32.2. The molecular formula is C6H6NO3S2-. The van der Waals surface area contributed by atoms with Gasteiger partial charge < -0.3 is 9.66 Å². The van der Waals surface area contributed by atoms with Crippen molar-refractivity contribution in [3.05, 3.63) is 18.2 Å². The summed E-state index contributed by atoms with van der Waals surface area (Å²) in [5.74, 6) is 0.424. The maximum atomic E-state index is 8.95. The molecule has 0 radical (unpaired) electrons. The molecule has 66 valence electrons. The minimum Gasteiger partial charge on any atom is -0.760 e. The van der Waals surface area contributed by atoms with Crippen molar-refractivity contribution in [2.75, 3.05) is 0 Å². The predicted octanol–water partition coefficient (Wildman–Crippen LogP) is 0.784. The van der Waals surface area contributed by atoms with E-state index in [0.29, 0.717) is 5.75 Å². The Hall–Kier alpha value is -0.690. The number of nitrogens with two attached hydrogens (primary N) is 1. The minimum absolute atomic E-state index is 0.424. The molecule has 0 aliphatic carbocycles. The minimum atomic E-state index is -2.36. The van der Waals surface area contributed by atoms with Gasteiger partial charge in [-0.2, -0.15) is 0 Å². The van der Waals surface area contributed by atoms with Gasteiger partial charge in [-0.15, -0.1) is 11.3 Å². The van der Waals surface area contributed by atoms with E-state index in [1.54, 1.807) is 17.4 Å². The van der Waals surface area contributed by atoms with Crippen molar-refractivity contribution < 1.29 is 13.9 Å². The molecule has 1 atom stereocenters. The molecule has 4 nitrogen and oxygen atoms in total. The molecule has 0 saturated heterocycles. The van der Waals surface area contributed by atoms with Crippen LogP contribution in [0.2, 0.25) is 0 Å². The number of rotatable bonds is 0. The molecule has 0 aliphatic heterocycles. The number of phenols is 1. The third kappa shape index (κ3) is 2.42. The van der Waals surface area contributed by atoms with Gasteiger partial charge in [0.1, 0.15) is 5.75 Å². The third-order valence-electron chi connectivity index (χ3n) is 1.16. The van der Waals surface area contributed by atoms with E-state index in [1.807, 2.05) is 12.1 Å². The van der Waals surface area contributed by atoms with E-state index in [0.717, 1.165) is 9.40 Å². The van der Waals surface area contributed by atoms with Gasteiger partial charge in [0.25, 0.3) is 0 Å². The number of hydrogen-bond acceptors (Lipinski definition) is 4. The normalized spacial score (nSPS) is 12.5. The Kier molecular flexibility index (Phi) is 2.99. The summed E-state index contributed by atoms with van der Waals surface area (Å²) in [6.45, 7) is 0. The molecule has 2 bridgehead atoms. The molecule has 0 fully saturated rings. The van der Waals surface area contributed by atoms with Crippen molar-refractivity contribution in [3.8, 4) is 5.75 Å². The molecule has 2 rings (SSSR count). The Morgan fingerprint density at radius 2 is 2.17 bits per heavy atom. The van der Waals surface area contributed by atoms with Crippen molar-refractivity contribution in [2.45, 2.75) is 0 Å². The highest BCUT2D eigenvalue weighted by molar-refractivity contribution is 7.76. The quantitative estimate of drug-likeness (QED) is 0.622. The third-order valence-corrected chi connectivity index (χ3v) is 2.21. The molecular weight excluding hydrogens is 198 g/mol. The average molecular weight is 204 g/mol. The van der Waals surface area contributed by atoms with Crippen LogP contribution in [-0.4, -0.2) is 13.9 Å². The average Bonchev–Trinajstić information content (AvgIpc) is 2.44. The number of phenolic OH excluding ortho intramolecular Hbond substituents is 1. The Morgan fingerprint density at radius 3 is 2.33 bits per heavy atom. The highest BCUT2D eigenvalue weighted by Gasteiger charge is 2.00. The molecule has 6 heteroatoms. The predicted molar refractivity (Wildman–Crippen MR) is 47.8 cm³/mol. The lowest BCUT2D eigenvalue weighted by atomic mass is 10.3. The van der Waals surface area contributed by atoms with Crippen molar-refractivity contribution in [2.24, 2.45) is 5.14 Å². The van der Waals surface area contributed by atoms with E-state index in [9.17, 15) is 0 Å². The largest absolute Gasteiger partial charge is 0.760 e. The van der Waals surface area contributed by atoms with Crippen LogP contribution in [0, 0.1) is 0 Å². The Bertz CT molecular complexity index is 368. The van der Waals surface area contributed by atoms with E-state index in [-0.39, 0.29) is 0 Å². The second-order valence-electron chi connectivity index (χ2n) is 1.99. The van der Waals surface area contributed by atoms with Crippen LogP contribution in [-0.2, 0) is 11.3 Å². The van der Waals surface area contributed by atoms with Crippen molar-refractivity contribution in [3.63, 3.8) is 0 Å². The van der Waals surface area contributed by atoms with Crippen LogP contribution in [0.15, 0.2) is 18.2 Å². The second kappa shape index (κ2) is 3.81. The number of fused-ring (bicyclic) bond motifs is 2. The molecule has 0 aliphatic rings. The van der Waals surface area contributed by atoms with Crippen LogP contribution in [0.5, 0.6) is 5.75 Å². The van der Waals surface area contributed by atoms with E-state index in [4.69, 9.17) is 13.9 Å². The fourth-order valence-corrected chi connectivity index (χ4v) is 1.63. The Balaban J connectivity index is 0.000000157. The number of hydrogen-bond donors (Lipinski definition) is 2. The maximum Gasteiger partial charge on any atom is 0.134 e. The van der Waals surface area contributed by atoms with Crippen LogP contribution in [0.25, 0.3) is 9.40 Å². The summed E-state index contributed by atoms with van der Waals surface area (Å²) in [5.41, 5.74) is 0. The Morgan fingerprint density at radius 1 is 1.58 bits per heavy atom. The van der Waals surface area contributed by atoms with Crippen LogP contribution in [0.3, 0.4) is 0 Å². The first-order valence-corrected chi connectivity index (χ1v) is 4.89. The van der Waals surface area contributed by atoms with Gasteiger partial charge in [-0.3, -0.25) is 9.35 Å². The summed E-state index contributed by atoms with van der Waals surface area (Å²) in [7, 11) is 0. The van der Waals surface area contributed by atoms with Gasteiger partial charge in [-0.05, 0) is 18.2 Å². The molecule has 0 aromatic carbocycles. The van der Waals surface area contributed by atoms with E-state index < -0.39 is 11.3 Å². The van der Waals surface area contributed by atoms with Crippen molar-refractivity contribution >= 4 is 32.0 Å². The second-order valence-corrected chi connectivity index (χ2v) is 3.63. The zero-order valence-electron chi connectivity index (χ0n) is 5.89. The zero-order valence-corrected chi connectivity index (χ0v) is 7.52. The van der Waals surface area contributed by atoms with E-state index in [1.165, 1.54) is 0 Å². The molecule has 0 amide bonds. The zero-order chi connectivity index (χ0) is 9.14. The lowest BCUT2D eigenvalue weighted by Crippen LogP contribution is -1.97. The van der Waals surface area contributed by atoms with Gasteiger partial charge in [0, 0.05) is 16.0 Å². The molecule has 2 aromatic rings. The fraction of sp³-hybridized carbons (Fsp3) is 0. The number of thiophene rings is 2. The lowest BCUT2D eigenvalue weighted by Gasteiger charge is -1.85. The van der Waals surface area contributed by atoms with Gasteiger partial charge in [-0.1, -0.05) is 0 Å². The standard InChI is InChI=1S/C6H4OS.H3NO2S/c7-5-3-4-1-2-6(5)8-4;1-4(2)3/h1-3,7H;1H2,(H,2,3)/p-1. The van der Waals surface area contributed by atoms with Gasteiger partial charge >= 0.3 is 0 Å². The molecule has 12 heavy (non-hydrogen) atoms. The Labute approximate surface area is 75.4 Å². The first kappa shape index (κ1) is 9.40. The maximum absolute atomic E-state index is 8.95. The van der Waals surface area contributed by atoms with Crippen molar-refractivity contribution in [1.29, 1.82) is 0 Å². The highest BCUT2D eigenvalue weighted by Crippen LogP contribution is 2.32. The summed E-state index contributed by atoms with van der Waals surface area (Å²) >= 11 is -0.742. The van der Waals surface area contributed by atoms with Crippen LogP contribution >= 0.6 is 11.3 Å². The fourth-order valence-electron chi connectivity index (χ4n) is 0.774. The summed E-state index contributed by atoms with van der Waals surface area (Å²) in [5, 5.41) is 13.0. The summed E-state index contributed by atoms with van der Waals surface area (Å²) in [6, 6.07) is 5.70. The lowest BCUT2D eigenvalue weighted by molar-refractivity contribution is 0.483. The number of benzene rings is 1. The first-order valence-electron chi connectivity index (χ1n) is 2.94. The summed E-state index contributed by atoms with van der Waals surface area (Å²) in [4.78, 5) is 0. The van der Waals surface area contributed by atoms with Gasteiger partial charge in [0.05, 0.1) is 4.70 Å². The van der Waals surface area contributed by atoms with Crippen LogP contribution < -0.4 is 5.14 Å². The molecule has 2 heterocycles. The molecule has 0 spiro atoms. The van der Waals surface area contributed by atoms with E-state index >= 15 is 0 Å². The summed E-state index contributed by atoms with van der Waals surface area (Å²) < 4.78 is 19.7. The molecule has 3 N–H and O–H groups in total. The molecule has 2 aromatic heterocycles. The van der Waals surface area contributed by atoms with Gasteiger partial charge in [0.2, 0.25) is 0 Å². The SMILES string of the molecule is NS(=O)[O-].Oc1cc2ccc1s2.